The van der Waals surface area contributed by atoms with Gasteiger partial charge in [0.15, 0.2) is 0 Å². The molecule has 1 aromatic heterocycles. The number of rotatable bonds is 2. The van der Waals surface area contributed by atoms with Crippen molar-refractivity contribution in [1.29, 1.82) is 0 Å². The minimum Gasteiger partial charge on any atom is -0.337 e. The van der Waals surface area contributed by atoms with Gasteiger partial charge in [0.05, 0.1) is 10.8 Å². The highest BCUT2D eigenvalue weighted by molar-refractivity contribution is 7.89. The number of amides is 1. The third kappa shape index (κ3) is 2.81. The van der Waals surface area contributed by atoms with Crippen LogP contribution in [0.15, 0.2) is 29.6 Å². The van der Waals surface area contributed by atoms with Crippen LogP contribution in [0.4, 0.5) is 0 Å². The molecule has 0 saturated carbocycles. The number of piperidine rings is 1. The first-order valence-electron chi connectivity index (χ1n) is 6.74. The van der Waals surface area contributed by atoms with Crippen LogP contribution in [-0.2, 0) is 10.0 Å². The molecule has 2 N–H and O–H groups in total. The molecule has 1 aliphatic heterocycles. The van der Waals surface area contributed by atoms with Crippen molar-refractivity contribution in [1.82, 2.24) is 4.90 Å². The highest BCUT2D eigenvalue weighted by Crippen LogP contribution is 2.28. The van der Waals surface area contributed by atoms with Gasteiger partial charge in [-0.05, 0) is 18.9 Å². The molecule has 0 aliphatic carbocycles. The summed E-state index contributed by atoms with van der Waals surface area (Å²) < 4.78 is 24.0. The normalized spacial score (nSPS) is 19.9. The van der Waals surface area contributed by atoms with Crippen LogP contribution in [0.5, 0.6) is 0 Å². The Kier molecular flexibility index (Phi) is 3.73. The monoisotopic (exact) mass is 324 g/mol. The minimum absolute atomic E-state index is 0.110. The number of nitrogens with two attached hydrogens (primary N) is 1. The number of primary sulfonamides is 1. The maximum atomic E-state index is 12.6. The van der Waals surface area contributed by atoms with Crippen molar-refractivity contribution in [2.24, 2.45) is 5.14 Å². The van der Waals surface area contributed by atoms with Gasteiger partial charge in [-0.15, -0.1) is 11.3 Å². The largest absolute Gasteiger partial charge is 0.337 e. The summed E-state index contributed by atoms with van der Waals surface area (Å²) >= 11 is 1.52. The number of thiophene rings is 1. The van der Waals surface area contributed by atoms with E-state index >= 15 is 0 Å². The lowest BCUT2D eigenvalue weighted by atomic mass is 10.1. The molecule has 1 saturated heterocycles. The minimum atomic E-state index is -3.59. The van der Waals surface area contributed by atoms with Crippen LogP contribution < -0.4 is 5.14 Å². The highest BCUT2D eigenvalue weighted by atomic mass is 32.2. The predicted molar refractivity (Wildman–Crippen MR) is 83.9 cm³/mol. The van der Waals surface area contributed by atoms with Crippen LogP contribution in [0.1, 0.15) is 23.2 Å². The molecule has 0 bridgehead atoms. The van der Waals surface area contributed by atoms with Crippen LogP contribution >= 0.6 is 11.3 Å². The van der Waals surface area contributed by atoms with Crippen molar-refractivity contribution in [2.75, 3.05) is 13.1 Å². The summed E-state index contributed by atoms with van der Waals surface area (Å²) in [5.41, 5.74) is 0.644. The summed E-state index contributed by atoms with van der Waals surface area (Å²) in [6, 6.07) is 7.72. The Hall–Kier alpha value is -1.44. The fraction of sp³-hybridized carbons (Fsp3) is 0.357. The average Bonchev–Trinajstić information content (AvgIpc) is 2.90. The Bertz CT molecular complexity index is 782. The quantitative estimate of drug-likeness (QED) is 0.914. The van der Waals surface area contributed by atoms with Crippen molar-refractivity contribution in [2.45, 2.75) is 18.1 Å². The zero-order valence-electron chi connectivity index (χ0n) is 11.4. The van der Waals surface area contributed by atoms with Gasteiger partial charge in [0.2, 0.25) is 10.0 Å². The van der Waals surface area contributed by atoms with Gasteiger partial charge in [-0.1, -0.05) is 18.2 Å². The van der Waals surface area contributed by atoms with E-state index in [1.807, 2.05) is 29.6 Å². The smallest absolute Gasteiger partial charge is 0.255 e. The third-order valence-electron chi connectivity index (χ3n) is 3.84. The molecule has 3 rings (SSSR count). The van der Waals surface area contributed by atoms with Crippen molar-refractivity contribution in [3.05, 3.63) is 35.2 Å². The van der Waals surface area contributed by atoms with Gasteiger partial charge in [-0.25, -0.2) is 13.6 Å². The Morgan fingerprint density at radius 3 is 2.86 bits per heavy atom. The predicted octanol–water partition coefficient (Wildman–Crippen LogP) is 1.79. The van der Waals surface area contributed by atoms with E-state index in [4.69, 9.17) is 5.14 Å². The number of carbonyl (C=O) groups excluding carboxylic acids is 1. The number of hydrogen-bond donors (Lipinski definition) is 1. The molecule has 21 heavy (non-hydrogen) atoms. The van der Waals surface area contributed by atoms with Crippen molar-refractivity contribution >= 4 is 37.4 Å². The third-order valence-corrected chi connectivity index (χ3v) is 6.12. The van der Waals surface area contributed by atoms with Gasteiger partial charge in [0.1, 0.15) is 0 Å². The van der Waals surface area contributed by atoms with Gasteiger partial charge in [-0.3, -0.25) is 4.79 Å². The van der Waals surface area contributed by atoms with Crippen LogP contribution in [0.25, 0.3) is 10.1 Å². The molecule has 1 amide bonds. The number of nitrogens with zero attached hydrogens (tertiary/aromatic N) is 1. The van der Waals surface area contributed by atoms with Gasteiger partial charge >= 0.3 is 0 Å². The molecule has 112 valence electrons. The van der Waals surface area contributed by atoms with Gasteiger partial charge in [0, 0.05) is 28.6 Å². The second-order valence-corrected chi connectivity index (χ2v) is 8.01. The molecule has 1 aromatic carbocycles. The summed E-state index contributed by atoms with van der Waals surface area (Å²) in [4.78, 5) is 14.2. The molecular weight excluding hydrogens is 308 g/mol. The van der Waals surface area contributed by atoms with E-state index in [9.17, 15) is 13.2 Å². The van der Waals surface area contributed by atoms with E-state index in [1.165, 1.54) is 11.3 Å². The first-order chi connectivity index (χ1) is 9.97. The van der Waals surface area contributed by atoms with E-state index in [0.717, 1.165) is 10.1 Å². The molecule has 2 heterocycles. The Morgan fingerprint density at radius 1 is 1.33 bits per heavy atom. The first-order valence-corrected chi connectivity index (χ1v) is 9.23. The van der Waals surface area contributed by atoms with E-state index < -0.39 is 15.3 Å². The lowest BCUT2D eigenvalue weighted by Gasteiger charge is -2.31. The van der Waals surface area contributed by atoms with Crippen LogP contribution in [0.2, 0.25) is 0 Å². The molecule has 5 nitrogen and oxygen atoms in total. The lowest BCUT2D eigenvalue weighted by Crippen LogP contribution is -2.47. The van der Waals surface area contributed by atoms with Gasteiger partial charge < -0.3 is 4.90 Å². The maximum Gasteiger partial charge on any atom is 0.255 e. The molecule has 7 heteroatoms. The summed E-state index contributed by atoms with van der Waals surface area (Å²) in [7, 11) is -3.59. The molecule has 1 aliphatic rings. The Labute approximate surface area is 127 Å². The molecular formula is C14H16N2O3S2. The van der Waals surface area contributed by atoms with E-state index in [1.54, 1.807) is 4.90 Å². The summed E-state index contributed by atoms with van der Waals surface area (Å²) in [6.45, 7) is 0.761. The lowest BCUT2D eigenvalue weighted by molar-refractivity contribution is 0.0729. The summed E-state index contributed by atoms with van der Waals surface area (Å²) in [6.07, 6.45) is 1.18. The Balaban J connectivity index is 1.88. The van der Waals surface area contributed by atoms with Crippen LogP contribution in [0, 0.1) is 0 Å². The second kappa shape index (κ2) is 5.40. The molecule has 1 fully saturated rings. The number of likely N-dealkylation sites (tertiary alicyclic amines) is 1. The number of benzene rings is 1. The fourth-order valence-electron chi connectivity index (χ4n) is 2.70. The molecule has 2 aromatic rings. The van der Waals surface area contributed by atoms with Crippen molar-refractivity contribution in [3.63, 3.8) is 0 Å². The number of hydrogen-bond acceptors (Lipinski definition) is 4. The van der Waals surface area contributed by atoms with Crippen molar-refractivity contribution in [3.8, 4) is 0 Å². The number of carbonyl (C=O) groups is 1. The Morgan fingerprint density at radius 2 is 2.10 bits per heavy atom. The number of sulfonamides is 1. The zero-order chi connectivity index (χ0) is 15.0. The standard InChI is InChI=1S/C14H16N2O3S2/c15-21(18,19)10-4-3-7-16(8-10)14(17)12-9-20-13-6-2-1-5-11(12)13/h1-2,5-6,9-10H,3-4,7-8H2,(H2,15,18,19). The summed E-state index contributed by atoms with van der Waals surface area (Å²) in [5, 5.41) is 7.33. The second-order valence-electron chi connectivity index (χ2n) is 5.25. The highest BCUT2D eigenvalue weighted by Gasteiger charge is 2.31. The van der Waals surface area contributed by atoms with E-state index in [2.05, 4.69) is 0 Å². The van der Waals surface area contributed by atoms with Gasteiger partial charge in [-0.2, -0.15) is 0 Å². The molecule has 1 atom stereocenters. The van der Waals surface area contributed by atoms with Gasteiger partial charge in [0.25, 0.3) is 5.91 Å². The SMILES string of the molecule is NS(=O)(=O)C1CCCN(C(=O)c2csc3ccccc23)C1. The maximum absolute atomic E-state index is 12.6. The van der Waals surface area contributed by atoms with Crippen LogP contribution in [0.3, 0.4) is 0 Å². The summed E-state index contributed by atoms with van der Waals surface area (Å²) in [5.74, 6) is -0.110. The zero-order valence-corrected chi connectivity index (χ0v) is 13.0. The fourth-order valence-corrected chi connectivity index (χ4v) is 4.52. The molecule has 1 unspecified atom stereocenters. The van der Waals surface area contributed by atoms with E-state index in [0.29, 0.717) is 24.9 Å². The van der Waals surface area contributed by atoms with Crippen molar-refractivity contribution < 1.29 is 13.2 Å². The molecule has 0 radical (unpaired) electrons. The first kappa shape index (κ1) is 14.5. The molecule has 0 spiro atoms. The van der Waals surface area contributed by atoms with Crippen LogP contribution in [-0.4, -0.2) is 37.6 Å². The number of fused-ring (bicyclic) bond motifs is 1. The topological polar surface area (TPSA) is 80.5 Å². The average molecular weight is 324 g/mol. The van der Waals surface area contributed by atoms with E-state index in [-0.39, 0.29) is 12.5 Å².